The molecule has 0 radical (unpaired) electrons. The number of nitrogens with zero attached hydrogens (tertiary/aromatic N) is 6. The van der Waals surface area contributed by atoms with Gasteiger partial charge in [0.2, 0.25) is 11.8 Å². The van der Waals surface area contributed by atoms with Gasteiger partial charge in [0.1, 0.15) is 22.8 Å². The molecule has 0 fully saturated rings. The first-order valence-electron chi connectivity index (χ1n) is 13.5. The standard InChI is InChI=1S/C30H38N8O2S/c1-19-10-8-11-20(2)27(19)22-14-25(35-29(31-6)34-22)40-18-21(16-30(3,4)5)38(17-24-32-12-9-13-33-24)28(39)23-15-26(41)37(7)36-23/h8-15,21,36H,16-18H2,1-7H3,(H,31,34,35)/t21-/m1/s1. The van der Waals surface area contributed by atoms with E-state index in [1.807, 2.05) is 12.1 Å². The molecular weight excluding hydrogens is 536 g/mol. The summed E-state index contributed by atoms with van der Waals surface area (Å²) < 4.78 is 8.55. The largest absolute Gasteiger partial charge is 0.475 e. The molecule has 0 aliphatic carbocycles. The molecule has 10 nitrogen and oxygen atoms in total. The number of aryl methyl sites for hydroxylation is 3. The SMILES string of the molecule is CNc1nc(OC[C@@H](CC(C)(C)C)N(Cc2ncccn2)C(=O)c2cc(=S)n(C)[nH]2)cc(-c2c(C)cccc2C)n1. The molecular formula is C30H38N8O2S. The van der Waals surface area contributed by atoms with Crippen LogP contribution in [0.3, 0.4) is 0 Å². The van der Waals surface area contributed by atoms with Crippen molar-refractivity contribution in [2.45, 2.75) is 53.6 Å². The number of rotatable bonds is 10. The summed E-state index contributed by atoms with van der Waals surface area (Å²) >= 11 is 5.36. The maximum absolute atomic E-state index is 14.0. The van der Waals surface area contributed by atoms with E-state index in [-0.39, 0.29) is 30.5 Å². The lowest BCUT2D eigenvalue weighted by Gasteiger charge is -2.35. The second-order valence-electron chi connectivity index (χ2n) is 11.3. The number of carbonyl (C=O) groups is 1. The number of H-pyrrole nitrogens is 1. The van der Waals surface area contributed by atoms with E-state index in [1.54, 1.807) is 48.2 Å². The number of aromatic nitrogens is 6. The fraction of sp³-hybridized carbons (Fsp3) is 0.400. The van der Waals surface area contributed by atoms with Crippen LogP contribution in [0.1, 0.15) is 54.6 Å². The summed E-state index contributed by atoms with van der Waals surface area (Å²) in [6.45, 7) is 11.0. The Hall–Kier alpha value is -4.12. The lowest BCUT2D eigenvalue weighted by Crippen LogP contribution is -2.45. The molecule has 0 saturated carbocycles. The normalized spacial score (nSPS) is 12.2. The van der Waals surface area contributed by atoms with Gasteiger partial charge in [-0.05, 0) is 42.9 Å². The number of ether oxygens (including phenoxy) is 1. The number of benzene rings is 1. The molecule has 1 amide bonds. The highest BCUT2D eigenvalue weighted by Crippen LogP contribution is 2.30. The number of aromatic amines is 1. The van der Waals surface area contributed by atoms with Crippen LogP contribution in [0.4, 0.5) is 5.95 Å². The van der Waals surface area contributed by atoms with Crippen molar-refractivity contribution >= 4 is 24.1 Å². The summed E-state index contributed by atoms with van der Waals surface area (Å²) in [5.74, 6) is 1.20. The Balaban J connectivity index is 1.71. The molecule has 1 aromatic carbocycles. The van der Waals surface area contributed by atoms with Crippen LogP contribution in [0.15, 0.2) is 48.8 Å². The van der Waals surface area contributed by atoms with Gasteiger partial charge in [0.15, 0.2) is 0 Å². The average Bonchev–Trinajstić information content (AvgIpc) is 3.27. The Kier molecular flexibility index (Phi) is 9.17. The predicted octanol–water partition coefficient (Wildman–Crippen LogP) is 5.51. The van der Waals surface area contributed by atoms with Crippen LogP contribution in [-0.2, 0) is 13.6 Å². The van der Waals surface area contributed by atoms with E-state index in [2.05, 4.69) is 72.1 Å². The number of nitrogens with one attached hydrogen (secondary N) is 2. The van der Waals surface area contributed by atoms with Gasteiger partial charge in [-0.2, -0.15) is 4.98 Å². The summed E-state index contributed by atoms with van der Waals surface area (Å²) in [5, 5.41) is 6.11. The summed E-state index contributed by atoms with van der Waals surface area (Å²) in [5.41, 5.74) is 4.32. The van der Waals surface area contributed by atoms with Crippen molar-refractivity contribution in [2.75, 3.05) is 19.0 Å². The van der Waals surface area contributed by atoms with Crippen molar-refractivity contribution in [3.63, 3.8) is 0 Å². The highest BCUT2D eigenvalue weighted by molar-refractivity contribution is 7.71. The van der Waals surface area contributed by atoms with Gasteiger partial charge < -0.3 is 15.0 Å². The third-order valence-electron chi connectivity index (χ3n) is 6.68. The number of hydrogen-bond acceptors (Lipinski definition) is 8. The first-order valence-corrected chi connectivity index (χ1v) is 13.9. The molecule has 0 unspecified atom stereocenters. The number of anilines is 1. The van der Waals surface area contributed by atoms with Gasteiger partial charge in [0, 0.05) is 44.2 Å². The Bertz CT molecular complexity index is 1540. The number of amides is 1. The smallest absolute Gasteiger partial charge is 0.272 e. The van der Waals surface area contributed by atoms with Crippen molar-refractivity contribution in [1.29, 1.82) is 0 Å². The lowest BCUT2D eigenvalue weighted by atomic mass is 9.87. The van der Waals surface area contributed by atoms with Crippen LogP contribution >= 0.6 is 12.2 Å². The molecule has 0 bridgehead atoms. The zero-order valence-electron chi connectivity index (χ0n) is 24.7. The zero-order valence-corrected chi connectivity index (χ0v) is 25.5. The van der Waals surface area contributed by atoms with E-state index in [4.69, 9.17) is 21.9 Å². The van der Waals surface area contributed by atoms with Crippen LogP contribution in [0.5, 0.6) is 5.88 Å². The average molecular weight is 575 g/mol. The molecule has 0 spiro atoms. The Morgan fingerprint density at radius 2 is 1.80 bits per heavy atom. The highest BCUT2D eigenvalue weighted by atomic mass is 32.1. The Morgan fingerprint density at radius 3 is 2.39 bits per heavy atom. The molecule has 0 aliphatic rings. The lowest BCUT2D eigenvalue weighted by molar-refractivity contribution is 0.0499. The number of hydrogen-bond donors (Lipinski definition) is 2. The summed E-state index contributed by atoms with van der Waals surface area (Å²) in [6, 6.07) is 11.1. The van der Waals surface area contributed by atoms with Gasteiger partial charge in [-0.3, -0.25) is 14.6 Å². The van der Waals surface area contributed by atoms with E-state index in [0.29, 0.717) is 34.4 Å². The maximum Gasteiger partial charge on any atom is 0.272 e. The monoisotopic (exact) mass is 574 g/mol. The van der Waals surface area contributed by atoms with E-state index < -0.39 is 0 Å². The molecule has 0 aliphatic heterocycles. The molecule has 2 N–H and O–H groups in total. The fourth-order valence-electron chi connectivity index (χ4n) is 4.79. The quantitative estimate of drug-likeness (QED) is 0.238. The number of carbonyl (C=O) groups excluding carboxylic acids is 1. The molecule has 3 heterocycles. The minimum absolute atomic E-state index is 0.112. The van der Waals surface area contributed by atoms with E-state index in [0.717, 1.165) is 22.4 Å². The minimum atomic E-state index is -0.329. The molecule has 4 aromatic rings. The van der Waals surface area contributed by atoms with Gasteiger partial charge in [0.25, 0.3) is 5.91 Å². The van der Waals surface area contributed by atoms with Crippen molar-refractivity contribution in [2.24, 2.45) is 12.5 Å². The van der Waals surface area contributed by atoms with Crippen molar-refractivity contribution in [3.8, 4) is 17.1 Å². The minimum Gasteiger partial charge on any atom is -0.475 e. The topological polar surface area (TPSA) is 114 Å². The van der Waals surface area contributed by atoms with Gasteiger partial charge in [0.05, 0.1) is 18.3 Å². The van der Waals surface area contributed by atoms with Gasteiger partial charge in [-0.15, -0.1) is 0 Å². The summed E-state index contributed by atoms with van der Waals surface area (Å²) in [4.78, 5) is 33.8. The molecule has 216 valence electrons. The molecule has 1 atom stereocenters. The Morgan fingerprint density at radius 1 is 1.12 bits per heavy atom. The van der Waals surface area contributed by atoms with E-state index in [1.165, 1.54) is 0 Å². The molecule has 4 rings (SSSR count). The fourth-order valence-corrected chi connectivity index (χ4v) is 4.95. The highest BCUT2D eigenvalue weighted by Gasteiger charge is 2.31. The van der Waals surface area contributed by atoms with Gasteiger partial charge >= 0.3 is 0 Å². The molecule has 41 heavy (non-hydrogen) atoms. The van der Waals surface area contributed by atoms with Crippen molar-refractivity contribution in [3.05, 3.63) is 76.1 Å². The maximum atomic E-state index is 14.0. The van der Waals surface area contributed by atoms with Gasteiger partial charge in [-0.25, -0.2) is 15.0 Å². The van der Waals surface area contributed by atoms with Gasteiger partial charge in [-0.1, -0.05) is 51.2 Å². The molecule has 0 saturated heterocycles. The third kappa shape index (κ3) is 7.55. The molecule has 3 aromatic heterocycles. The summed E-state index contributed by atoms with van der Waals surface area (Å²) in [6.07, 6.45) is 4.00. The zero-order chi connectivity index (χ0) is 29.7. The Labute approximate surface area is 246 Å². The van der Waals surface area contributed by atoms with Crippen LogP contribution in [-0.4, -0.2) is 60.2 Å². The molecule has 11 heteroatoms. The second-order valence-corrected chi connectivity index (χ2v) is 11.7. The van der Waals surface area contributed by atoms with E-state index in [9.17, 15) is 4.79 Å². The first-order chi connectivity index (χ1) is 19.4. The van der Waals surface area contributed by atoms with Crippen LogP contribution in [0.2, 0.25) is 0 Å². The third-order valence-corrected chi connectivity index (χ3v) is 7.08. The summed E-state index contributed by atoms with van der Waals surface area (Å²) in [7, 11) is 3.56. The predicted molar refractivity (Wildman–Crippen MR) is 162 cm³/mol. The van der Waals surface area contributed by atoms with Crippen molar-refractivity contribution < 1.29 is 9.53 Å². The van der Waals surface area contributed by atoms with E-state index >= 15 is 0 Å². The second kappa shape index (κ2) is 12.6. The van der Waals surface area contributed by atoms with Crippen LogP contribution < -0.4 is 10.1 Å². The van der Waals surface area contributed by atoms with Crippen molar-refractivity contribution in [1.82, 2.24) is 34.6 Å². The first kappa shape index (κ1) is 29.9. The van der Waals surface area contributed by atoms with Crippen LogP contribution in [0, 0.1) is 23.9 Å². The van der Waals surface area contributed by atoms with Crippen LogP contribution in [0.25, 0.3) is 11.3 Å².